The normalized spacial score (nSPS) is 10.8. The topological polar surface area (TPSA) is 46.0 Å². The Balaban J connectivity index is 2.95. The fourth-order valence-electron chi connectivity index (χ4n) is 1.09. The van der Waals surface area contributed by atoms with Gasteiger partial charge in [-0.05, 0) is 23.7 Å². The van der Waals surface area contributed by atoms with Crippen LogP contribution in [-0.2, 0) is 0 Å². The number of rotatable bonds is 0. The van der Waals surface area contributed by atoms with Crippen molar-refractivity contribution in [3.8, 4) is 5.75 Å². The van der Waals surface area contributed by atoms with Crippen LogP contribution in [0.25, 0.3) is 10.9 Å². The number of benzene rings is 1. The van der Waals surface area contributed by atoms with Gasteiger partial charge in [0.05, 0.1) is 0 Å². The number of fused-ring (bicyclic) bond motifs is 1. The molecule has 0 spiro atoms. The Bertz CT molecular complexity index is 518. The van der Waals surface area contributed by atoms with Gasteiger partial charge in [-0.3, -0.25) is 0 Å². The first-order valence-electron chi connectivity index (χ1n) is 3.60. The predicted molar refractivity (Wildman–Crippen MR) is 51.2 cm³/mol. The van der Waals surface area contributed by atoms with Crippen molar-refractivity contribution in [2.45, 2.75) is 0 Å². The van der Waals surface area contributed by atoms with E-state index < -0.39 is 11.6 Å². The maximum absolute atomic E-state index is 12.9. The molecule has 0 radical (unpaired) electrons. The molecule has 72 valence electrons. The van der Waals surface area contributed by atoms with Crippen LogP contribution in [0.1, 0.15) is 0 Å². The van der Waals surface area contributed by atoms with Crippen LogP contribution in [0.2, 0.25) is 10.4 Å². The molecule has 1 aromatic heterocycles. The summed E-state index contributed by atoms with van der Waals surface area (Å²) in [5.41, 5.74) is 0.00926. The van der Waals surface area contributed by atoms with Crippen molar-refractivity contribution in [3.63, 3.8) is 0 Å². The van der Waals surface area contributed by atoms with E-state index in [0.29, 0.717) is 5.39 Å². The molecule has 1 aromatic carbocycles. The van der Waals surface area contributed by atoms with Crippen molar-refractivity contribution in [2.24, 2.45) is 0 Å². The molecule has 0 aliphatic rings. The van der Waals surface area contributed by atoms with Gasteiger partial charge in [0.2, 0.25) is 5.28 Å². The first-order valence-corrected chi connectivity index (χ1v) is 4.35. The van der Waals surface area contributed by atoms with Gasteiger partial charge < -0.3 is 5.11 Å². The highest BCUT2D eigenvalue weighted by Gasteiger charge is 2.11. The average molecular weight is 233 g/mol. The molecule has 0 fully saturated rings. The molecular weight excluding hydrogens is 230 g/mol. The zero-order valence-corrected chi connectivity index (χ0v) is 8.14. The molecule has 14 heavy (non-hydrogen) atoms. The number of phenols is 1. The summed E-state index contributed by atoms with van der Waals surface area (Å²) in [6.45, 7) is 0. The highest BCUT2D eigenvalue weighted by molar-refractivity contribution is 6.35. The molecule has 0 saturated carbocycles. The monoisotopic (exact) mass is 232 g/mol. The first kappa shape index (κ1) is 9.43. The molecule has 1 heterocycles. The SMILES string of the molecule is Oc1c(F)ccc2c(Cl)nc(Cl)nc12. The van der Waals surface area contributed by atoms with E-state index in [9.17, 15) is 9.50 Å². The lowest BCUT2D eigenvalue weighted by Gasteiger charge is -2.02. The summed E-state index contributed by atoms with van der Waals surface area (Å²) >= 11 is 11.2. The van der Waals surface area contributed by atoms with Crippen LogP contribution in [0.3, 0.4) is 0 Å². The smallest absolute Gasteiger partial charge is 0.224 e. The molecule has 0 saturated heterocycles. The van der Waals surface area contributed by atoms with Crippen molar-refractivity contribution in [2.75, 3.05) is 0 Å². The maximum Gasteiger partial charge on any atom is 0.224 e. The zero-order chi connectivity index (χ0) is 10.3. The zero-order valence-electron chi connectivity index (χ0n) is 6.63. The average Bonchev–Trinajstić information content (AvgIpc) is 2.12. The Morgan fingerprint density at radius 2 is 1.93 bits per heavy atom. The third-order valence-electron chi connectivity index (χ3n) is 1.72. The summed E-state index contributed by atoms with van der Waals surface area (Å²) < 4.78 is 12.9. The van der Waals surface area contributed by atoms with Crippen LogP contribution < -0.4 is 0 Å². The van der Waals surface area contributed by atoms with Crippen molar-refractivity contribution >= 4 is 34.1 Å². The summed E-state index contributed by atoms with van der Waals surface area (Å²) in [5.74, 6) is -1.35. The number of nitrogens with zero attached hydrogens (tertiary/aromatic N) is 2. The van der Waals surface area contributed by atoms with Crippen molar-refractivity contribution in [1.29, 1.82) is 0 Å². The number of halogens is 3. The third kappa shape index (κ3) is 1.36. The van der Waals surface area contributed by atoms with Crippen LogP contribution in [0.15, 0.2) is 12.1 Å². The number of phenolic OH excluding ortho intramolecular Hbond substituents is 1. The molecule has 1 N–H and O–H groups in total. The van der Waals surface area contributed by atoms with Gasteiger partial charge in [0, 0.05) is 5.39 Å². The minimum absolute atomic E-state index is 0.00926. The van der Waals surface area contributed by atoms with Crippen molar-refractivity contribution < 1.29 is 9.50 Å². The van der Waals surface area contributed by atoms with E-state index in [0.717, 1.165) is 6.07 Å². The second-order valence-electron chi connectivity index (χ2n) is 2.58. The van der Waals surface area contributed by atoms with Gasteiger partial charge in [0.15, 0.2) is 11.6 Å². The van der Waals surface area contributed by atoms with Gasteiger partial charge in [0.1, 0.15) is 10.7 Å². The minimum Gasteiger partial charge on any atom is -0.503 e. The van der Waals surface area contributed by atoms with Gasteiger partial charge in [-0.1, -0.05) is 11.6 Å². The number of aromatic nitrogens is 2. The van der Waals surface area contributed by atoms with Crippen LogP contribution in [0, 0.1) is 5.82 Å². The Labute approximate surface area is 88.1 Å². The van der Waals surface area contributed by atoms with E-state index in [2.05, 4.69) is 9.97 Å². The maximum atomic E-state index is 12.9. The standard InChI is InChI=1S/C8H3Cl2FN2O/c9-7-3-1-2-4(11)6(14)5(3)12-8(10)13-7/h1-2,14H. The number of hydrogen-bond donors (Lipinski definition) is 1. The Morgan fingerprint density at radius 3 is 2.64 bits per heavy atom. The lowest BCUT2D eigenvalue weighted by atomic mass is 10.2. The quantitative estimate of drug-likeness (QED) is 0.562. The second kappa shape index (κ2) is 3.22. The molecule has 0 aliphatic carbocycles. The minimum atomic E-state index is -0.775. The largest absolute Gasteiger partial charge is 0.503 e. The predicted octanol–water partition coefficient (Wildman–Crippen LogP) is 2.78. The molecule has 0 unspecified atom stereocenters. The molecule has 0 amide bonds. The molecule has 0 atom stereocenters. The molecule has 2 aromatic rings. The molecule has 6 heteroatoms. The Hall–Kier alpha value is -1.13. The molecule has 0 bridgehead atoms. The molecule has 2 rings (SSSR count). The van der Waals surface area contributed by atoms with Crippen molar-refractivity contribution in [1.82, 2.24) is 9.97 Å². The fraction of sp³-hybridized carbons (Fsp3) is 0. The highest BCUT2D eigenvalue weighted by atomic mass is 35.5. The Kier molecular flexibility index (Phi) is 2.17. The number of hydrogen-bond acceptors (Lipinski definition) is 3. The van der Waals surface area contributed by atoms with Crippen LogP contribution in [-0.4, -0.2) is 15.1 Å². The summed E-state index contributed by atoms with van der Waals surface area (Å²) in [6, 6.07) is 2.46. The van der Waals surface area contributed by atoms with Crippen LogP contribution in [0.4, 0.5) is 4.39 Å². The van der Waals surface area contributed by atoms with Gasteiger partial charge in [-0.25, -0.2) is 14.4 Å². The Morgan fingerprint density at radius 1 is 1.21 bits per heavy atom. The van der Waals surface area contributed by atoms with E-state index >= 15 is 0 Å². The van der Waals surface area contributed by atoms with E-state index in [1.807, 2.05) is 0 Å². The lowest BCUT2D eigenvalue weighted by molar-refractivity contribution is 0.437. The highest BCUT2D eigenvalue weighted by Crippen LogP contribution is 2.30. The van der Waals surface area contributed by atoms with Gasteiger partial charge in [0.25, 0.3) is 0 Å². The van der Waals surface area contributed by atoms with Crippen LogP contribution >= 0.6 is 23.2 Å². The summed E-state index contributed by atoms with van der Waals surface area (Å²) in [7, 11) is 0. The fourth-order valence-corrected chi connectivity index (χ4v) is 1.54. The molecular formula is C8H3Cl2FN2O. The van der Waals surface area contributed by atoms with Crippen LogP contribution in [0.5, 0.6) is 5.75 Å². The summed E-state index contributed by atoms with van der Waals surface area (Å²) in [6.07, 6.45) is 0. The molecule has 0 aliphatic heterocycles. The third-order valence-corrected chi connectivity index (χ3v) is 2.18. The van der Waals surface area contributed by atoms with Crippen molar-refractivity contribution in [3.05, 3.63) is 28.4 Å². The second-order valence-corrected chi connectivity index (χ2v) is 3.27. The van der Waals surface area contributed by atoms with E-state index in [-0.39, 0.29) is 16.0 Å². The summed E-state index contributed by atoms with van der Waals surface area (Å²) in [5, 5.41) is 9.62. The molecule has 3 nitrogen and oxygen atoms in total. The summed E-state index contributed by atoms with van der Waals surface area (Å²) in [4.78, 5) is 7.34. The number of aromatic hydroxyl groups is 1. The van der Waals surface area contributed by atoms with Gasteiger partial charge in [-0.2, -0.15) is 0 Å². The van der Waals surface area contributed by atoms with E-state index in [1.165, 1.54) is 6.07 Å². The first-order chi connectivity index (χ1) is 6.59. The lowest BCUT2D eigenvalue weighted by Crippen LogP contribution is -1.89. The van der Waals surface area contributed by atoms with E-state index in [1.54, 1.807) is 0 Å². The van der Waals surface area contributed by atoms with Gasteiger partial charge in [-0.15, -0.1) is 0 Å². The van der Waals surface area contributed by atoms with E-state index in [4.69, 9.17) is 23.2 Å². The van der Waals surface area contributed by atoms with Gasteiger partial charge >= 0.3 is 0 Å².